The minimum absolute atomic E-state index is 0.0469. The van der Waals surface area contributed by atoms with Gasteiger partial charge in [-0.05, 0) is 39.8 Å². The summed E-state index contributed by atoms with van der Waals surface area (Å²) in [5.74, 6) is 0.960. The van der Waals surface area contributed by atoms with Crippen molar-refractivity contribution in [3.05, 3.63) is 24.3 Å². The molecule has 24 heavy (non-hydrogen) atoms. The van der Waals surface area contributed by atoms with E-state index in [-0.39, 0.29) is 23.6 Å². The maximum Gasteiger partial charge on any atom is 0.284 e. The van der Waals surface area contributed by atoms with Crippen molar-refractivity contribution >= 4 is 11.6 Å². The number of nitrogens with zero attached hydrogens (tertiary/aromatic N) is 1. The normalized spacial score (nSPS) is 24.2. The van der Waals surface area contributed by atoms with E-state index in [0.29, 0.717) is 11.5 Å². The van der Waals surface area contributed by atoms with Gasteiger partial charge >= 0.3 is 0 Å². The first-order valence-corrected chi connectivity index (χ1v) is 8.27. The number of ether oxygens (including phenoxy) is 2. The van der Waals surface area contributed by atoms with E-state index in [1.807, 2.05) is 18.2 Å². The number of carbonyl (C=O) groups excluding carboxylic acids is 1. The van der Waals surface area contributed by atoms with E-state index in [9.17, 15) is 4.79 Å². The lowest BCUT2D eigenvalue weighted by molar-refractivity contribution is -0.130. The van der Waals surface area contributed by atoms with E-state index in [1.54, 1.807) is 6.07 Å². The molecule has 2 aliphatic rings. The number of hydrogen-bond acceptors (Lipinski definition) is 5. The topological polar surface area (TPSA) is 72.0 Å². The molecule has 0 spiro atoms. The predicted octanol–water partition coefficient (Wildman–Crippen LogP) is 2.24. The highest BCUT2D eigenvalue weighted by atomic mass is 16.6. The number of carbonyl (C=O) groups is 1. The van der Waals surface area contributed by atoms with Crippen molar-refractivity contribution in [2.24, 2.45) is 5.10 Å². The molecule has 0 aliphatic carbocycles. The molecule has 0 radical (unpaired) electrons. The van der Waals surface area contributed by atoms with Crippen LogP contribution in [-0.2, 0) is 4.79 Å². The lowest BCUT2D eigenvalue weighted by Gasteiger charge is -2.43. The van der Waals surface area contributed by atoms with Crippen LogP contribution in [0, 0.1) is 0 Å². The number of hydrogen-bond donors (Lipinski definition) is 2. The van der Waals surface area contributed by atoms with Gasteiger partial charge in [0.25, 0.3) is 5.91 Å². The highest BCUT2D eigenvalue weighted by Crippen LogP contribution is 2.31. The van der Waals surface area contributed by atoms with Crippen molar-refractivity contribution in [3.8, 4) is 11.5 Å². The molecule has 1 aromatic carbocycles. The molecule has 2 heterocycles. The largest absolute Gasteiger partial charge is 0.485 e. The van der Waals surface area contributed by atoms with Crippen LogP contribution in [0.1, 0.15) is 40.5 Å². The Kier molecular flexibility index (Phi) is 4.25. The molecule has 1 saturated heterocycles. The molecule has 6 heteroatoms. The van der Waals surface area contributed by atoms with E-state index in [1.165, 1.54) is 0 Å². The zero-order chi connectivity index (χ0) is 17.4. The molecule has 1 aromatic rings. The number of piperidine rings is 1. The SMILES string of the molecule is CC1(C)CC(=NNC(=O)C2COc3ccccc3O2)CC(C)(C)N1. The van der Waals surface area contributed by atoms with Crippen molar-refractivity contribution in [3.63, 3.8) is 0 Å². The number of hydrazone groups is 1. The Hall–Kier alpha value is -2.08. The molecule has 1 atom stereocenters. The van der Waals surface area contributed by atoms with Crippen molar-refractivity contribution in [2.45, 2.75) is 57.7 Å². The Morgan fingerprint density at radius 2 is 1.79 bits per heavy atom. The van der Waals surface area contributed by atoms with Crippen molar-refractivity contribution in [2.75, 3.05) is 6.61 Å². The van der Waals surface area contributed by atoms with Crippen LogP contribution in [0.25, 0.3) is 0 Å². The molecule has 0 bridgehead atoms. The van der Waals surface area contributed by atoms with Crippen LogP contribution in [0.2, 0.25) is 0 Å². The predicted molar refractivity (Wildman–Crippen MR) is 92.5 cm³/mol. The number of benzene rings is 1. The van der Waals surface area contributed by atoms with E-state index >= 15 is 0 Å². The van der Waals surface area contributed by atoms with Crippen LogP contribution in [-0.4, -0.2) is 35.4 Å². The Balaban J connectivity index is 1.63. The molecule has 2 N–H and O–H groups in total. The van der Waals surface area contributed by atoms with E-state index in [2.05, 4.69) is 43.5 Å². The minimum Gasteiger partial charge on any atom is -0.485 e. The van der Waals surface area contributed by atoms with Crippen molar-refractivity contribution in [1.82, 2.24) is 10.7 Å². The Morgan fingerprint density at radius 3 is 2.46 bits per heavy atom. The summed E-state index contributed by atoms with van der Waals surface area (Å²) >= 11 is 0. The van der Waals surface area contributed by atoms with E-state index < -0.39 is 6.10 Å². The van der Waals surface area contributed by atoms with E-state index in [0.717, 1.165) is 18.6 Å². The quantitative estimate of drug-likeness (QED) is 0.815. The zero-order valence-corrected chi connectivity index (χ0v) is 14.7. The highest BCUT2D eigenvalue weighted by Gasteiger charge is 2.36. The average Bonchev–Trinajstić information content (AvgIpc) is 2.49. The van der Waals surface area contributed by atoms with E-state index in [4.69, 9.17) is 9.47 Å². The molecule has 1 unspecified atom stereocenters. The third kappa shape index (κ3) is 3.87. The first-order valence-electron chi connectivity index (χ1n) is 8.27. The molecule has 0 saturated carbocycles. The Bertz CT molecular complexity index is 649. The fourth-order valence-electron chi connectivity index (χ4n) is 3.52. The van der Waals surface area contributed by atoms with Crippen LogP contribution in [0.5, 0.6) is 11.5 Å². The van der Waals surface area contributed by atoms with Gasteiger partial charge in [0.2, 0.25) is 6.10 Å². The monoisotopic (exact) mass is 331 g/mol. The summed E-state index contributed by atoms with van der Waals surface area (Å²) in [5, 5.41) is 7.93. The summed E-state index contributed by atoms with van der Waals surface area (Å²) in [6.07, 6.45) is 0.898. The fraction of sp³-hybridized carbons (Fsp3) is 0.556. The lowest BCUT2D eigenvalue weighted by atomic mass is 9.81. The first-order chi connectivity index (χ1) is 11.2. The summed E-state index contributed by atoms with van der Waals surface area (Å²) in [6, 6.07) is 7.33. The first kappa shape index (κ1) is 16.8. The van der Waals surface area contributed by atoms with Gasteiger partial charge in [0.15, 0.2) is 11.5 Å². The van der Waals surface area contributed by atoms with Gasteiger partial charge in [-0.25, -0.2) is 5.43 Å². The number of amides is 1. The maximum atomic E-state index is 12.3. The molecule has 130 valence electrons. The summed E-state index contributed by atoms with van der Waals surface area (Å²) in [7, 11) is 0. The third-order valence-electron chi connectivity index (χ3n) is 4.09. The second-order valence-corrected chi connectivity index (χ2v) is 7.76. The fourth-order valence-corrected chi connectivity index (χ4v) is 3.52. The van der Waals surface area contributed by atoms with Gasteiger partial charge in [0, 0.05) is 29.6 Å². The molecule has 6 nitrogen and oxygen atoms in total. The lowest BCUT2D eigenvalue weighted by Crippen LogP contribution is -2.58. The molecule has 2 aliphatic heterocycles. The van der Waals surface area contributed by atoms with Crippen LogP contribution in [0.4, 0.5) is 0 Å². The number of para-hydroxylation sites is 2. The summed E-state index contributed by atoms with van der Waals surface area (Å²) in [4.78, 5) is 12.3. The summed E-state index contributed by atoms with van der Waals surface area (Å²) in [6.45, 7) is 8.74. The second kappa shape index (κ2) is 6.09. The standard InChI is InChI=1S/C18H25N3O3/c1-17(2)9-12(10-18(3,4)21-17)19-20-16(22)15-11-23-13-7-5-6-8-14(13)24-15/h5-8,15,21H,9-11H2,1-4H3,(H,20,22). The molecule has 3 rings (SSSR count). The van der Waals surface area contributed by atoms with Gasteiger partial charge in [-0.1, -0.05) is 12.1 Å². The molecular weight excluding hydrogens is 306 g/mol. The summed E-state index contributed by atoms with van der Waals surface area (Å²) in [5.41, 5.74) is 3.53. The highest BCUT2D eigenvalue weighted by molar-refractivity contribution is 5.89. The number of nitrogens with one attached hydrogen (secondary N) is 2. The molecule has 0 aromatic heterocycles. The van der Waals surface area contributed by atoms with Gasteiger partial charge in [-0.2, -0.15) is 5.10 Å². The number of fused-ring (bicyclic) bond motifs is 1. The smallest absolute Gasteiger partial charge is 0.284 e. The zero-order valence-electron chi connectivity index (χ0n) is 14.7. The van der Waals surface area contributed by atoms with Crippen molar-refractivity contribution in [1.29, 1.82) is 0 Å². The molecule has 1 amide bonds. The van der Waals surface area contributed by atoms with Crippen molar-refractivity contribution < 1.29 is 14.3 Å². The molecule has 1 fully saturated rings. The van der Waals surface area contributed by atoms with Gasteiger partial charge in [0.05, 0.1) is 0 Å². The summed E-state index contributed by atoms with van der Waals surface area (Å²) < 4.78 is 11.3. The van der Waals surface area contributed by atoms with Crippen LogP contribution < -0.4 is 20.2 Å². The average molecular weight is 331 g/mol. The van der Waals surface area contributed by atoms with Crippen LogP contribution in [0.15, 0.2) is 29.4 Å². The maximum absolute atomic E-state index is 12.3. The minimum atomic E-state index is -0.688. The van der Waals surface area contributed by atoms with Gasteiger partial charge < -0.3 is 14.8 Å². The molecular formula is C18H25N3O3. The van der Waals surface area contributed by atoms with Gasteiger partial charge in [0.1, 0.15) is 6.61 Å². The van der Waals surface area contributed by atoms with Crippen LogP contribution in [0.3, 0.4) is 0 Å². The Labute approximate surface area is 142 Å². The Morgan fingerprint density at radius 1 is 1.17 bits per heavy atom. The van der Waals surface area contributed by atoms with Gasteiger partial charge in [-0.15, -0.1) is 0 Å². The van der Waals surface area contributed by atoms with Crippen LogP contribution >= 0.6 is 0 Å². The van der Waals surface area contributed by atoms with Gasteiger partial charge in [-0.3, -0.25) is 4.79 Å². The third-order valence-corrected chi connectivity index (χ3v) is 4.09. The second-order valence-electron chi connectivity index (χ2n) is 7.76. The number of rotatable bonds is 2.